The topological polar surface area (TPSA) is 29.5 Å². The lowest BCUT2D eigenvalue weighted by Gasteiger charge is -2.27. The van der Waals surface area contributed by atoms with Crippen molar-refractivity contribution in [2.24, 2.45) is 5.92 Å². The van der Waals surface area contributed by atoms with Crippen molar-refractivity contribution in [2.45, 2.75) is 52.3 Å². The number of hydrogen-bond donors (Lipinski definition) is 0. The summed E-state index contributed by atoms with van der Waals surface area (Å²) in [4.78, 5) is 14.6. The van der Waals surface area contributed by atoms with Gasteiger partial charge in [-0.15, -0.1) is 0 Å². The summed E-state index contributed by atoms with van der Waals surface area (Å²) < 4.78 is 6.02. The summed E-state index contributed by atoms with van der Waals surface area (Å²) in [6.45, 7) is 9.07. The van der Waals surface area contributed by atoms with Crippen molar-refractivity contribution in [1.29, 1.82) is 0 Å². The Kier molecular flexibility index (Phi) is 4.81. The molecule has 0 spiro atoms. The van der Waals surface area contributed by atoms with Crippen LogP contribution in [-0.4, -0.2) is 35.4 Å². The van der Waals surface area contributed by atoms with E-state index in [1.54, 1.807) is 0 Å². The Hall–Kier alpha value is -1.35. The van der Waals surface area contributed by atoms with Gasteiger partial charge in [-0.25, -0.2) is 0 Å². The Morgan fingerprint density at radius 2 is 1.85 bits per heavy atom. The molecule has 20 heavy (non-hydrogen) atoms. The third-order valence-electron chi connectivity index (χ3n) is 3.91. The number of benzene rings is 1. The molecular weight excluding hydrogens is 250 g/mol. The maximum atomic E-state index is 12.4. The van der Waals surface area contributed by atoms with Crippen molar-refractivity contribution in [1.82, 2.24) is 4.90 Å². The minimum atomic E-state index is 0.00344. The number of rotatable bonds is 5. The average molecular weight is 275 g/mol. The molecule has 0 radical (unpaired) electrons. The number of likely N-dealkylation sites (tertiary alicyclic amines) is 1. The number of ether oxygens (including phenoxy) is 1. The van der Waals surface area contributed by atoms with Crippen molar-refractivity contribution in [3.05, 3.63) is 30.3 Å². The lowest BCUT2D eigenvalue weighted by Crippen LogP contribution is -2.42. The van der Waals surface area contributed by atoms with E-state index in [9.17, 15) is 4.79 Å². The zero-order chi connectivity index (χ0) is 14.7. The quantitative estimate of drug-likeness (QED) is 0.827. The van der Waals surface area contributed by atoms with Crippen LogP contribution in [0.5, 0.6) is 5.75 Å². The van der Waals surface area contributed by atoms with Crippen LogP contribution in [0.25, 0.3) is 0 Å². The molecule has 0 aliphatic carbocycles. The van der Waals surface area contributed by atoms with Gasteiger partial charge >= 0.3 is 0 Å². The number of hydrogen-bond acceptors (Lipinski definition) is 3. The number of carbonyl (C=O) groups is 1. The maximum absolute atomic E-state index is 12.4. The normalized spacial score (nSPS) is 23.5. The monoisotopic (exact) mass is 275 g/mol. The molecule has 1 aromatic rings. The van der Waals surface area contributed by atoms with Gasteiger partial charge in [-0.1, -0.05) is 32.0 Å². The summed E-state index contributed by atoms with van der Waals surface area (Å²) in [6.07, 6.45) is 0.900. The molecule has 1 aromatic carbocycles. The van der Waals surface area contributed by atoms with E-state index in [2.05, 4.69) is 18.7 Å². The molecule has 1 heterocycles. The fourth-order valence-electron chi connectivity index (χ4n) is 2.83. The summed E-state index contributed by atoms with van der Waals surface area (Å²) in [5.74, 6) is 1.30. The molecular formula is C17H25NO2. The molecule has 0 N–H and O–H groups in total. The highest BCUT2D eigenvalue weighted by molar-refractivity contribution is 5.86. The van der Waals surface area contributed by atoms with Crippen molar-refractivity contribution in [2.75, 3.05) is 6.54 Å². The van der Waals surface area contributed by atoms with Crippen molar-refractivity contribution in [3.63, 3.8) is 0 Å². The Morgan fingerprint density at radius 1 is 1.20 bits per heavy atom. The third kappa shape index (κ3) is 3.40. The Bertz CT molecular complexity index is 442. The first kappa shape index (κ1) is 15.0. The molecule has 0 bridgehead atoms. The van der Waals surface area contributed by atoms with Gasteiger partial charge in [-0.2, -0.15) is 0 Å². The first-order valence-electron chi connectivity index (χ1n) is 7.50. The highest BCUT2D eigenvalue weighted by atomic mass is 16.5. The van der Waals surface area contributed by atoms with Crippen LogP contribution in [0.15, 0.2) is 30.3 Å². The van der Waals surface area contributed by atoms with Crippen LogP contribution in [0.3, 0.4) is 0 Å². The van der Waals surface area contributed by atoms with E-state index in [4.69, 9.17) is 4.74 Å². The second-order valence-electron chi connectivity index (χ2n) is 6.15. The summed E-state index contributed by atoms with van der Waals surface area (Å²) in [7, 11) is 0. The Labute approximate surface area is 121 Å². The highest BCUT2D eigenvalue weighted by Gasteiger charge is 2.39. The van der Waals surface area contributed by atoms with Gasteiger partial charge in [0.15, 0.2) is 5.78 Å². The summed E-state index contributed by atoms with van der Waals surface area (Å²) in [5, 5.41) is 0. The third-order valence-corrected chi connectivity index (χ3v) is 3.91. The predicted molar refractivity (Wildman–Crippen MR) is 81.0 cm³/mol. The number of Topliss-reactive ketones (excluding diaryl/α,β-unsaturated/α-hetero) is 1. The molecule has 3 nitrogen and oxygen atoms in total. The second-order valence-corrected chi connectivity index (χ2v) is 6.15. The van der Waals surface area contributed by atoms with Gasteiger partial charge in [-0.3, -0.25) is 9.69 Å². The maximum Gasteiger partial charge on any atom is 0.152 e. The van der Waals surface area contributed by atoms with Gasteiger partial charge < -0.3 is 4.74 Å². The van der Waals surface area contributed by atoms with Crippen LogP contribution < -0.4 is 4.74 Å². The number of nitrogens with zero attached hydrogens (tertiary/aromatic N) is 1. The van der Waals surface area contributed by atoms with E-state index in [-0.39, 0.29) is 18.1 Å². The van der Waals surface area contributed by atoms with Crippen LogP contribution >= 0.6 is 0 Å². The molecule has 1 aliphatic rings. The van der Waals surface area contributed by atoms with Crippen molar-refractivity contribution in [3.8, 4) is 5.75 Å². The second kappa shape index (κ2) is 6.40. The fourth-order valence-corrected chi connectivity index (χ4v) is 2.83. The number of carbonyl (C=O) groups excluding carboxylic acids is 1. The van der Waals surface area contributed by atoms with Crippen LogP contribution in [0, 0.1) is 5.92 Å². The summed E-state index contributed by atoms with van der Waals surface area (Å²) >= 11 is 0. The number of para-hydroxylation sites is 1. The first-order chi connectivity index (χ1) is 9.49. The van der Waals surface area contributed by atoms with Crippen molar-refractivity contribution >= 4 is 5.78 Å². The molecule has 1 aliphatic heterocycles. The van der Waals surface area contributed by atoms with Crippen molar-refractivity contribution < 1.29 is 9.53 Å². The van der Waals surface area contributed by atoms with Crippen LogP contribution in [0.2, 0.25) is 0 Å². The lowest BCUT2D eigenvalue weighted by atomic mass is 9.99. The molecule has 0 aromatic heterocycles. The average Bonchev–Trinajstić information content (AvgIpc) is 2.83. The van der Waals surface area contributed by atoms with Gasteiger partial charge in [0.25, 0.3) is 0 Å². The van der Waals surface area contributed by atoms with E-state index in [0.29, 0.717) is 11.8 Å². The first-order valence-corrected chi connectivity index (χ1v) is 7.50. The minimum absolute atomic E-state index is 0.00344. The van der Waals surface area contributed by atoms with Gasteiger partial charge in [0, 0.05) is 24.9 Å². The van der Waals surface area contributed by atoms with E-state index >= 15 is 0 Å². The molecule has 1 saturated heterocycles. The Balaban J connectivity index is 2.06. The van der Waals surface area contributed by atoms with Crippen LogP contribution in [0.1, 0.15) is 34.1 Å². The smallest absolute Gasteiger partial charge is 0.152 e. The summed E-state index contributed by atoms with van der Waals surface area (Å²) in [5.41, 5.74) is 0. The van der Waals surface area contributed by atoms with E-state index in [1.165, 1.54) is 0 Å². The van der Waals surface area contributed by atoms with Gasteiger partial charge in [0.1, 0.15) is 11.9 Å². The fraction of sp³-hybridized carbons (Fsp3) is 0.588. The van der Waals surface area contributed by atoms with E-state index in [1.807, 2.05) is 44.2 Å². The molecule has 0 amide bonds. The zero-order valence-corrected chi connectivity index (χ0v) is 12.9. The largest absolute Gasteiger partial charge is 0.489 e. The van der Waals surface area contributed by atoms with Gasteiger partial charge in [0.05, 0.1) is 6.04 Å². The number of ketones is 1. The van der Waals surface area contributed by atoms with Crippen LogP contribution in [0.4, 0.5) is 0 Å². The molecule has 2 unspecified atom stereocenters. The Morgan fingerprint density at radius 3 is 2.40 bits per heavy atom. The molecule has 2 atom stereocenters. The van der Waals surface area contributed by atoms with E-state index in [0.717, 1.165) is 18.7 Å². The highest BCUT2D eigenvalue weighted by Crippen LogP contribution is 2.26. The molecule has 3 heteroatoms. The zero-order valence-electron chi connectivity index (χ0n) is 12.9. The molecule has 110 valence electrons. The molecule has 2 rings (SSSR count). The summed E-state index contributed by atoms with van der Waals surface area (Å²) in [6, 6.07) is 10.2. The lowest BCUT2D eigenvalue weighted by molar-refractivity contribution is -0.126. The van der Waals surface area contributed by atoms with E-state index < -0.39 is 0 Å². The molecule has 1 fully saturated rings. The predicted octanol–water partition coefficient (Wildman–Crippen LogP) is 3.14. The van der Waals surface area contributed by atoms with Gasteiger partial charge in [-0.05, 0) is 26.0 Å². The standard InChI is InChI=1S/C17H25NO2/c1-12(2)17(19)16-10-15(11-18(16)13(3)4)20-14-8-6-5-7-9-14/h5-9,12-13,15-16H,10-11H2,1-4H3. The van der Waals surface area contributed by atoms with Crippen LogP contribution in [-0.2, 0) is 4.79 Å². The SMILES string of the molecule is CC(C)C(=O)C1CC(Oc2ccccc2)CN1C(C)C. The minimum Gasteiger partial charge on any atom is -0.489 e. The van der Waals surface area contributed by atoms with Gasteiger partial charge in [0.2, 0.25) is 0 Å². The molecule has 0 saturated carbocycles.